The Bertz CT molecular complexity index is 726. The standard InChI is InChI=1S/C15H14BrFN4/c16-12-6-5-9(7-13(12)17)14-11(8-18)15(19)21(20-14)10-3-1-2-4-10/h5-7,10H,1-4,19H2. The fourth-order valence-corrected chi connectivity index (χ4v) is 3.08. The van der Waals surface area contributed by atoms with Crippen molar-refractivity contribution in [2.45, 2.75) is 31.7 Å². The molecule has 0 spiro atoms. The Balaban J connectivity index is 2.11. The van der Waals surface area contributed by atoms with E-state index in [-0.39, 0.29) is 11.9 Å². The molecule has 1 fully saturated rings. The van der Waals surface area contributed by atoms with E-state index in [1.807, 2.05) is 0 Å². The Hall–Kier alpha value is -1.87. The van der Waals surface area contributed by atoms with Gasteiger partial charge in [0.25, 0.3) is 0 Å². The minimum atomic E-state index is -0.384. The molecule has 6 heteroatoms. The molecule has 1 heterocycles. The number of nitrogen functional groups attached to an aromatic ring is 1. The number of nitriles is 1. The number of nitrogens with two attached hydrogens (primary N) is 1. The van der Waals surface area contributed by atoms with Gasteiger partial charge in [-0.25, -0.2) is 9.07 Å². The van der Waals surface area contributed by atoms with E-state index in [1.54, 1.807) is 16.8 Å². The van der Waals surface area contributed by atoms with Gasteiger partial charge >= 0.3 is 0 Å². The highest BCUT2D eigenvalue weighted by molar-refractivity contribution is 9.10. The van der Waals surface area contributed by atoms with Crippen molar-refractivity contribution in [2.75, 3.05) is 5.73 Å². The molecule has 2 aromatic rings. The van der Waals surface area contributed by atoms with Gasteiger partial charge in [-0.3, -0.25) is 0 Å². The molecule has 2 N–H and O–H groups in total. The summed E-state index contributed by atoms with van der Waals surface area (Å²) in [6.45, 7) is 0. The van der Waals surface area contributed by atoms with Crippen LogP contribution in [0.3, 0.4) is 0 Å². The highest BCUT2D eigenvalue weighted by Gasteiger charge is 2.24. The molecule has 0 bridgehead atoms. The molecule has 0 amide bonds. The molecule has 21 heavy (non-hydrogen) atoms. The van der Waals surface area contributed by atoms with Gasteiger partial charge in [0.2, 0.25) is 0 Å². The molecular formula is C15H14BrFN4. The molecule has 1 aromatic heterocycles. The number of anilines is 1. The Morgan fingerprint density at radius 3 is 2.71 bits per heavy atom. The van der Waals surface area contributed by atoms with Crippen LogP contribution in [0.2, 0.25) is 0 Å². The van der Waals surface area contributed by atoms with Crippen LogP contribution in [0, 0.1) is 17.1 Å². The van der Waals surface area contributed by atoms with Crippen molar-refractivity contribution in [1.29, 1.82) is 5.26 Å². The quantitative estimate of drug-likeness (QED) is 0.890. The maximum absolute atomic E-state index is 13.7. The van der Waals surface area contributed by atoms with Crippen molar-refractivity contribution in [3.63, 3.8) is 0 Å². The first-order valence-electron chi connectivity index (χ1n) is 6.85. The number of hydrogen-bond acceptors (Lipinski definition) is 3. The van der Waals surface area contributed by atoms with Crippen LogP contribution in [0.5, 0.6) is 0 Å². The van der Waals surface area contributed by atoms with Gasteiger partial charge in [-0.05, 0) is 40.9 Å². The van der Waals surface area contributed by atoms with Crippen LogP contribution in [-0.4, -0.2) is 9.78 Å². The third kappa shape index (κ3) is 2.42. The minimum absolute atomic E-state index is 0.242. The molecule has 3 rings (SSSR count). The predicted molar refractivity (Wildman–Crippen MR) is 82.0 cm³/mol. The molecule has 1 saturated carbocycles. The number of nitrogens with zero attached hydrogens (tertiary/aromatic N) is 3. The third-order valence-corrected chi connectivity index (χ3v) is 4.57. The van der Waals surface area contributed by atoms with Crippen molar-refractivity contribution in [3.05, 3.63) is 34.1 Å². The molecular weight excluding hydrogens is 335 g/mol. The van der Waals surface area contributed by atoms with Crippen LogP contribution in [-0.2, 0) is 0 Å². The zero-order chi connectivity index (χ0) is 15.0. The summed E-state index contributed by atoms with van der Waals surface area (Å²) < 4.78 is 15.8. The summed E-state index contributed by atoms with van der Waals surface area (Å²) in [5, 5.41) is 13.8. The normalized spacial score (nSPS) is 15.3. The van der Waals surface area contributed by atoms with E-state index in [0.717, 1.165) is 25.7 Å². The van der Waals surface area contributed by atoms with Gasteiger partial charge in [0.1, 0.15) is 29.0 Å². The summed E-state index contributed by atoms with van der Waals surface area (Å²) in [7, 11) is 0. The van der Waals surface area contributed by atoms with E-state index >= 15 is 0 Å². The fraction of sp³-hybridized carbons (Fsp3) is 0.333. The van der Waals surface area contributed by atoms with Crippen molar-refractivity contribution in [2.24, 2.45) is 0 Å². The van der Waals surface area contributed by atoms with Crippen LogP contribution in [0.25, 0.3) is 11.3 Å². The van der Waals surface area contributed by atoms with E-state index in [1.165, 1.54) is 6.07 Å². The summed E-state index contributed by atoms with van der Waals surface area (Å²) in [4.78, 5) is 0. The van der Waals surface area contributed by atoms with Crippen molar-refractivity contribution in [1.82, 2.24) is 9.78 Å². The first-order valence-corrected chi connectivity index (χ1v) is 7.64. The zero-order valence-electron chi connectivity index (χ0n) is 11.3. The Kier molecular flexibility index (Phi) is 3.68. The van der Waals surface area contributed by atoms with E-state index in [9.17, 15) is 9.65 Å². The van der Waals surface area contributed by atoms with Gasteiger partial charge in [0.15, 0.2) is 0 Å². The maximum Gasteiger partial charge on any atom is 0.140 e. The van der Waals surface area contributed by atoms with Crippen LogP contribution < -0.4 is 5.73 Å². The lowest BCUT2D eigenvalue weighted by Crippen LogP contribution is -2.10. The van der Waals surface area contributed by atoms with Gasteiger partial charge in [-0.2, -0.15) is 10.4 Å². The second-order valence-corrected chi connectivity index (χ2v) is 6.09. The topological polar surface area (TPSA) is 67.6 Å². The Morgan fingerprint density at radius 1 is 1.38 bits per heavy atom. The van der Waals surface area contributed by atoms with E-state index in [0.29, 0.717) is 27.1 Å². The molecule has 0 aliphatic heterocycles. The van der Waals surface area contributed by atoms with Gasteiger partial charge in [-0.15, -0.1) is 0 Å². The summed E-state index contributed by atoms with van der Waals surface area (Å²) >= 11 is 3.12. The maximum atomic E-state index is 13.7. The monoisotopic (exact) mass is 348 g/mol. The number of benzene rings is 1. The third-order valence-electron chi connectivity index (χ3n) is 3.92. The Morgan fingerprint density at radius 2 is 2.10 bits per heavy atom. The van der Waals surface area contributed by atoms with Gasteiger partial charge in [-0.1, -0.05) is 18.9 Å². The number of hydrogen-bond donors (Lipinski definition) is 1. The average Bonchev–Trinajstić information content (AvgIpc) is 3.09. The smallest absolute Gasteiger partial charge is 0.140 e. The highest BCUT2D eigenvalue weighted by atomic mass is 79.9. The highest BCUT2D eigenvalue weighted by Crippen LogP contribution is 2.35. The number of aromatic nitrogens is 2. The molecule has 0 radical (unpaired) electrons. The van der Waals surface area contributed by atoms with Crippen molar-refractivity contribution < 1.29 is 4.39 Å². The SMILES string of the molecule is N#Cc1c(-c2ccc(Br)c(F)c2)nn(C2CCCC2)c1N. The van der Waals surface area contributed by atoms with Crippen LogP contribution in [0.1, 0.15) is 37.3 Å². The molecule has 108 valence electrons. The fourth-order valence-electron chi connectivity index (χ4n) is 2.83. The van der Waals surface area contributed by atoms with Crippen LogP contribution in [0.15, 0.2) is 22.7 Å². The predicted octanol–water partition coefficient (Wildman–Crippen LogP) is 4.02. The first-order chi connectivity index (χ1) is 10.1. The summed E-state index contributed by atoms with van der Waals surface area (Å²) in [6, 6.07) is 7.04. The molecule has 0 atom stereocenters. The van der Waals surface area contributed by atoms with Gasteiger partial charge in [0.05, 0.1) is 10.5 Å². The Labute approximate surface area is 130 Å². The zero-order valence-corrected chi connectivity index (χ0v) is 12.9. The molecule has 0 unspecified atom stereocenters. The van der Waals surface area contributed by atoms with Crippen molar-refractivity contribution in [3.8, 4) is 17.3 Å². The minimum Gasteiger partial charge on any atom is -0.383 e. The summed E-state index contributed by atoms with van der Waals surface area (Å²) in [6.07, 6.45) is 4.33. The second-order valence-electron chi connectivity index (χ2n) is 5.23. The second kappa shape index (κ2) is 5.49. The lowest BCUT2D eigenvalue weighted by molar-refractivity contribution is 0.475. The van der Waals surface area contributed by atoms with Crippen molar-refractivity contribution >= 4 is 21.7 Å². The molecule has 0 saturated heterocycles. The molecule has 1 aliphatic carbocycles. The van der Waals surface area contributed by atoms with Gasteiger partial charge < -0.3 is 5.73 Å². The van der Waals surface area contributed by atoms with E-state index in [4.69, 9.17) is 5.73 Å². The van der Waals surface area contributed by atoms with E-state index < -0.39 is 0 Å². The van der Waals surface area contributed by atoms with Crippen LogP contribution >= 0.6 is 15.9 Å². The lowest BCUT2D eigenvalue weighted by atomic mass is 10.1. The molecule has 4 nitrogen and oxygen atoms in total. The molecule has 1 aliphatic rings. The number of halogens is 2. The first kappa shape index (κ1) is 14.1. The summed E-state index contributed by atoms with van der Waals surface area (Å²) in [5.74, 6) is -0.00638. The number of rotatable bonds is 2. The van der Waals surface area contributed by atoms with E-state index in [2.05, 4.69) is 27.1 Å². The van der Waals surface area contributed by atoms with Gasteiger partial charge in [0, 0.05) is 5.56 Å². The largest absolute Gasteiger partial charge is 0.383 e. The molecule has 1 aromatic carbocycles. The summed E-state index contributed by atoms with van der Waals surface area (Å²) in [5.41, 5.74) is 7.42. The lowest BCUT2D eigenvalue weighted by Gasteiger charge is -2.11. The average molecular weight is 349 g/mol. The van der Waals surface area contributed by atoms with Crippen LogP contribution in [0.4, 0.5) is 10.2 Å².